The Bertz CT molecular complexity index is 974. The van der Waals surface area contributed by atoms with Gasteiger partial charge in [0.15, 0.2) is 11.5 Å². The number of thiophene rings is 1. The molecule has 2 aromatic heterocycles. The summed E-state index contributed by atoms with van der Waals surface area (Å²) in [5, 5.41) is 14.4. The minimum Gasteiger partial charge on any atom is -0.486 e. The standard InChI is InChI=1S/C19H21N5O3S2/c1-13(2)24-19(20-21-22-24)29-12-18(25)23(11-15-4-3-9-28-15)14-5-6-16-17(10-14)27-8-7-26-16/h3-6,9-10,13H,7-8,11-12H2,1-2H3. The van der Waals surface area contributed by atoms with Crippen molar-refractivity contribution in [2.75, 3.05) is 23.9 Å². The van der Waals surface area contributed by atoms with E-state index in [0.717, 1.165) is 10.6 Å². The fourth-order valence-electron chi connectivity index (χ4n) is 2.89. The molecule has 152 valence electrons. The third kappa shape index (κ3) is 4.54. The Hall–Kier alpha value is -2.59. The van der Waals surface area contributed by atoms with E-state index in [-0.39, 0.29) is 17.7 Å². The summed E-state index contributed by atoms with van der Waals surface area (Å²) in [4.78, 5) is 16.0. The maximum absolute atomic E-state index is 13.2. The molecule has 0 unspecified atom stereocenters. The van der Waals surface area contributed by atoms with Gasteiger partial charge in [0.2, 0.25) is 11.1 Å². The number of carbonyl (C=O) groups is 1. The van der Waals surface area contributed by atoms with Crippen LogP contribution in [0.5, 0.6) is 11.5 Å². The number of rotatable bonds is 7. The van der Waals surface area contributed by atoms with Gasteiger partial charge in [-0.15, -0.1) is 16.4 Å². The number of hydrogen-bond acceptors (Lipinski definition) is 8. The smallest absolute Gasteiger partial charge is 0.237 e. The number of nitrogens with zero attached hydrogens (tertiary/aromatic N) is 5. The van der Waals surface area contributed by atoms with Gasteiger partial charge in [0, 0.05) is 16.6 Å². The van der Waals surface area contributed by atoms with Crippen molar-refractivity contribution in [1.82, 2.24) is 20.2 Å². The molecule has 0 N–H and O–H groups in total. The SMILES string of the molecule is CC(C)n1nnnc1SCC(=O)N(Cc1cccs1)c1ccc2c(c1)OCCO2. The van der Waals surface area contributed by atoms with Crippen LogP contribution in [0.1, 0.15) is 24.8 Å². The van der Waals surface area contributed by atoms with Crippen LogP contribution in [0.25, 0.3) is 0 Å². The van der Waals surface area contributed by atoms with E-state index in [2.05, 4.69) is 15.5 Å². The molecule has 8 nitrogen and oxygen atoms in total. The number of ether oxygens (including phenoxy) is 2. The molecule has 0 fully saturated rings. The zero-order valence-corrected chi connectivity index (χ0v) is 17.8. The first-order valence-electron chi connectivity index (χ1n) is 9.25. The van der Waals surface area contributed by atoms with Crippen LogP contribution in [0.4, 0.5) is 5.69 Å². The molecule has 0 saturated carbocycles. The van der Waals surface area contributed by atoms with E-state index in [4.69, 9.17) is 9.47 Å². The lowest BCUT2D eigenvalue weighted by molar-refractivity contribution is -0.116. The molecular weight excluding hydrogens is 410 g/mol. The van der Waals surface area contributed by atoms with Crippen LogP contribution in [0.15, 0.2) is 40.9 Å². The van der Waals surface area contributed by atoms with Crippen LogP contribution in [0.3, 0.4) is 0 Å². The normalized spacial score (nSPS) is 12.9. The number of thioether (sulfide) groups is 1. The predicted molar refractivity (Wildman–Crippen MR) is 112 cm³/mol. The second kappa shape index (κ2) is 8.83. The number of carbonyl (C=O) groups excluding carboxylic acids is 1. The number of hydrogen-bond donors (Lipinski definition) is 0. The number of benzene rings is 1. The summed E-state index contributed by atoms with van der Waals surface area (Å²) < 4.78 is 13.0. The predicted octanol–water partition coefficient (Wildman–Crippen LogP) is 3.41. The molecule has 0 bridgehead atoms. The van der Waals surface area contributed by atoms with Gasteiger partial charge >= 0.3 is 0 Å². The average molecular weight is 432 g/mol. The molecule has 0 spiro atoms. The van der Waals surface area contributed by atoms with E-state index >= 15 is 0 Å². The highest BCUT2D eigenvalue weighted by Gasteiger charge is 2.22. The van der Waals surface area contributed by atoms with Crippen LogP contribution in [0, 0.1) is 0 Å². The van der Waals surface area contributed by atoms with E-state index in [1.54, 1.807) is 20.9 Å². The molecule has 3 aromatic rings. The Morgan fingerprint density at radius 1 is 1.28 bits per heavy atom. The number of aromatic nitrogens is 4. The fourth-order valence-corrected chi connectivity index (χ4v) is 4.47. The van der Waals surface area contributed by atoms with Gasteiger partial charge in [0.1, 0.15) is 13.2 Å². The second-order valence-corrected chi connectivity index (χ2v) is 8.65. The summed E-state index contributed by atoms with van der Waals surface area (Å²) in [6.07, 6.45) is 0. The maximum atomic E-state index is 13.2. The summed E-state index contributed by atoms with van der Waals surface area (Å²) in [7, 11) is 0. The fraction of sp³-hybridized carbons (Fsp3) is 0.368. The Labute approximate surface area is 176 Å². The van der Waals surface area contributed by atoms with Crippen molar-refractivity contribution in [2.45, 2.75) is 31.6 Å². The summed E-state index contributed by atoms with van der Waals surface area (Å²) in [5.41, 5.74) is 0.775. The Kier molecular flexibility index (Phi) is 6.00. The van der Waals surface area contributed by atoms with E-state index in [0.29, 0.717) is 36.4 Å². The number of amides is 1. The second-order valence-electron chi connectivity index (χ2n) is 6.68. The van der Waals surface area contributed by atoms with E-state index in [1.165, 1.54) is 11.8 Å². The monoisotopic (exact) mass is 431 g/mol. The van der Waals surface area contributed by atoms with Crippen molar-refractivity contribution < 1.29 is 14.3 Å². The van der Waals surface area contributed by atoms with Crippen LogP contribution in [-0.4, -0.2) is 45.1 Å². The minimum absolute atomic E-state index is 0.0293. The molecule has 1 aromatic carbocycles. The summed E-state index contributed by atoms with van der Waals surface area (Å²) in [6.45, 7) is 5.53. The number of anilines is 1. The van der Waals surface area contributed by atoms with Gasteiger partial charge in [-0.2, -0.15) is 0 Å². The van der Waals surface area contributed by atoms with Gasteiger partial charge < -0.3 is 14.4 Å². The highest BCUT2D eigenvalue weighted by atomic mass is 32.2. The van der Waals surface area contributed by atoms with Gasteiger partial charge in [0.05, 0.1) is 18.3 Å². The Morgan fingerprint density at radius 2 is 2.10 bits per heavy atom. The highest BCUT2D eigenvalue weighted by Crippen LogP contribution is 2.35. The lowest BCUT2D eigenvalue weighted by atomic mass is 10.2. The molecule has 29 heavy (non-hydrogen) atoms. The molecule has 4 rings (SSSR count). The first-order valence-corrected chi connectivity index (χ1v) is 11.1. The van der Waals surface area contributed by atoms with Crippen molar-refractivity contribution in [2.24, 2.45) is 0 Å². The lowest BCUT2D eigenvalue weighted by Gasteiger charge is -2.25. The van der Waals surface area contributed by atoms with Crippen molar-refractivity contribution in [3.8, 4) is 11.5 Å². The molecule has 1 aliphatic heterocycles. The Morgan fingerprint density at radius 3 is 2.86 bits per heavy atom. The first kappa shape index (κ1) is 19.7. The molecule has 0 radical (unpaired) electrons. The summed E-state index contributed by atoms with van der Waals surface area (Å²) >= 11 is 2.96. The van der Waals surface area contributed by atoms with Gasteiger partial charge in [-0.1, -0.05) is 17.8 Å². The molecule has 0 aliphatic carbocycles. The van der Waals surface area contributed by atoms with Crippen LogP contribution < -0.4 is 14.4 Å². The van der Waals surface area contributed by atoms with Crippen molar-refractivity contribution >= 4 is 34.7 Å². The van der Waals surface area contributed by atoms with Crippen molar-refractivity contribution in [1.29, 1.82) is 0 Å². The van der Waals surface area contributed by atoms with Crippen LogP contribution >= 0.6 is 23.1 Å². The average Bonchev–Trinajstić information content (AvgIpc) is 3.41. The third-order valence-electron chi connectivity index (χ3n) is 4.31. The van der Waals surface area contributed by atoms with Crippen molar-refractivity contribution in [3.63, 3.8) is 0 Å². The van der Waals surface area contributed by atoms with Crippen LogP contribution in [0.2, 0.25) is 0 Å². The summed E-state index contributed by atoms with van der Waals surface area (Å²) in [5.74, 6) is 1.56. The summed E-state index contributed by atoms with van der Waals surface area (Å²) in [6, 6.07) is 9.74. The number of fused-ring (bicyclic) bond motifs is 1. The molecule has 3 heterocycles. The Balaban J connectivity index is 1.55. The van der Waals surface area contributed by atoms with Gasteiger partial charge in [0.25, 0.3) is 0 Å². The molecule has 1 amide bonds. The minimum atomic E-state index is -0.0293. The molecule has 1 aliphatic rings. The molecular formula is C19H21N5O3S2. The van der Waals surface area contributed by atoms with E-state index in [1.807, 2.05) is 49.6 Å². The van der Waals surface area contributed by atoms with E-state index in [9.17, 15) is 4.79 Å². The van der Waals surface area contributed by atoms with E-state index < -0.39 is 0 Å². The van der Waals surface area contributed by atoms with Gasteiger partial charge in [-0.05, 0) is 47.9 Å². The zero-order chi connectivity index (χ0) is 20.2. The molecule has 0 saturated heterocycles. The first-order chi connectivity index (χ1) is 14.1. The number of tetrazole rings is 1. The third-order valence-corrected chi connectivity index (χ3v) is 6.09. The van der Waals surface area contributed by atoms with Crippen LogP contribution in [-0.2, 0) is 11.3 Å². The largest absolute Gasteiger partial charge is 0.486 e. The molecule has 0 atom stereocenters. The van der Waals surface area contributed by atoms with Crippen molar-refractivity contribution in [3.05, 3.63) is 40.6 Å². The van der Waals surface area contributed by atoms with Gasteiger partial charge in [-0.3, -0.25) is 4.79 Å². The highest BCUT2D eigenvalue weighted by molar-refractivity contribution is 7.99. The topological polar surface area (TPSA) is 82.4 Å². The zero-order valence-electron chi connectivity index (χ0n) is 16.1. The quantitative estimate of drug-likeness (QED) is 0.530. The lowest BCUT2D eigenvalue weighted by Crippen LogP contribution is -2.32. The maximum Gasteiger partial charge on any atom is 0.237 e. The van der Waals surface area contributed by atoms with Gasteiger partial charge in [-0.25, -0.2) is 4.68 Å². The molecule has 10 heteroatoms.